The Hall–Kier alpha value is -1.30. The van der Waals surface area contributed by atoms with E-state index in [1.807, 2.05) is 12.1 Å². The van der Waals surface area contributed by atoms with Crippen LogP contribution >= 0.6 is 12.4 Å². The average molecular weight is 397 g/mol. The van der Waals surface area contributed by atoms with Gasteiger partial charge in [-0.15, -0.1) is 12.4 Å². The number of carbonyl (C=O) groups excluding carboxylic acids is 1. The summed E-state index contributed by atoms with van der Waals surface area (Å²) in [5, 5.41) is 3.18. The number of halogens is 1. The number of hydrogen-bond acceptors (Lipinski definition) is 4. The fraction of sp³-hybridized carbons (Fsp3) is 0.667. The van der Waals surface area contributed by atoms with Gasteiger partial charge in [0.1, 0.15) is 5.75 Å². The van der Waals surface area contributed by atoms with E-state index in [1.54, 1.807) is 7.11 Å². The monoisotopic (exact) mass is 396 g/mol. The zero-order chi connectivity index (χ0) is 18.4. The molecule has 1 unspecified atom stereocenters. The Morgan fingerprint density at radius 2 is 1.85 bits per heavy atom. The van der Waals surface area contributed by atoms with Crippen molar-refractivity contribution < 1.29 is 14.3 Å². The molecule has 3 rings (SSSR count). The van der Waals surface area contributed by atoms with Crippen molar-refractivity contribution in [1.29, 1.82) is 0 Å². The Labute approximate surface area is 168 Å². The first kappa shape index (κ1) is 22.0. The molecule has 0 radical (unpaired) electrons. The van der Waals surface area contributed by atoms with E-state index in [0.717, 1.165) is 31.4 Å². The standard InChI is InChI=1S/C21H32N2O3.ClH/c1-25-18-7-5-17(6-8-18)21(11-3-2-4-12-21)15-23-20(24)19(22)16-9-13-26-14-10-16;/h5-8,16,19H,2-4,9-15,22H2,1H3,(H,23,24);1H. The third-order valence-corrected chi connectivity index (χ3v) is 6.19. The molecule has 1 aliphatic carbocycles. The highest BCUT2D eigenvalue weighted by molar-refractivity contribution is 5.85. The predicted octanol–water partition coefficient (Wildman–Crippen LogP) is 3.19. The van der Waals surface area contributed by atoms with Gasteiger partial charge in [0, 0.05) is 25.2 Å². The molecule has 1 saturated carbocycles. The zero-order valence-corrected chi connectivity index (χ0v) is 17.1. The molecule has 2 fully saturated rings. The molecule has 0 aromatic heterocycles. The van der Waals surface area contributed by atoms with Gasteiger partial charge in [-0.1, -0.05) is 31.4 Å². The third kappa shape index (κ3) is 5.37. The molecule has 1 atom stereocenters. The van der Waals surface area contributed by atoms with Crippen LogP contribution in [0.15, 0.2) is 24.3 Å². The molecule has 0 spiro atoms. The minimum absolute atomic E-state index is 0. The van der Waals surface area contributed by atoms with Crippen LogP contribution in [0, 0.1) is 5.92 Å². The molecule has 3 N–H and O–H groups in total. The van der Waals surface area contributed by atoms with Gasteiger partial charge in [0.2, 0.25) is 5.91 Å². The van der Waals surface area contributed by atoms with Crippen molar-refractivity contribution in [2.24, 2.45) is 11.7 Å². The maximum atomic E-state index is 12.7. The smallest absolute Gasteiger partial charge is 0.237 e. The average Bonchev–Trinajstić information content (AvgIpc) is 2.73. The minimum Gasteiger partial charge on any atom is -0.497 e. The molecule has 1 aromatic carbocycles. The molecule has 1 aliphatic heterocycles. The molecule has 2 aliphatic rings. The van der Waals surface area contributed by atoms with E-state index in [-0.39, 0.29) is 29.6 Å². The lowest BCUT2D eigenvalue weighted by atomic mass is 9.69. The SMILES string of the molecule is COc1ccc(C2(CNC(=O)C(N)C3CCOCC3)CCCCC2)cc1.Cl. The zero-order valence-electron chi connectivity index (χ0n) is 16.2. The van der Waals surface area contributed by atoms with E-state index in [9.17, 15) is 4.79 Å². The van der Waals surface area contributed by atoms with Crippen LogP contribution in [0.5, 0.6) is 5.75 Å². The van der Waals surface area contributed by atoms with E-state index in [4.69, 9.17) is 15.2 Å². The van der Waals surface area contributed by atoms with Gasteiger partial charge >= 0.3 is 0 Å². The second kappa shape index (κ2) is 10.3. The summed E-state index contributed by atoms with van der Waals surface area (Å²) in [5.74, 6) is 1.08. The molecule has 1 saturated heterocycles. The summed E-state index contributed by atoms with van der Waals surface area (Å²) in [6, 6.07) is 7.89. The lowest BCUT2D eigenvalue weighted by Gasteiger charge is -2.38. The first-order chi connectivity index (χ1) is 12.6. The second-order valence-electron chi connectivity index (χ2n) is 7.76. The first-order valence-electron chi connectivity index (χ1n) is 9.90. The molecule has 5 nitrogen and oxygen atoms in total. The highest BCUT2D eigenvalue weighted by Crippen LogP contribution is 2.39. The number of rotatable bonds is 6. The summed E-state index contributed by atoms with van der Waals surface area (Å²) in [6.45, 7) is 2.08. The van der Waals surface area contributed by atoms with Gasteiger partial charge in [0.25, 0.3) is 0 Å². The van der Waals surface area contributed by atoms with Crippen molar-refractivity contribution in [2.45, 2.75) is 56.4 Å². The molecule has 0 bridgehead atoms. The second-order valence-corrected chi connectivity index (χ2v) is 7.76. The van der Waals surface area contributed by atoms with Crippen LogP contribution in [-0.4, -0.2) is 38.8 Å². The van der Waals surface area contributed by atoms with Gasteiger partial charge < -0.3 is 20.5 Å². The molecule has 27 heavy (non-hydrogen) atoms. The van der Waals surface area contributed by atoms with Crippen molar-refractivity contribution >= 4 is 18.3 Å². The number of hydrogen-bond donors (Lipinski definition) is 2. The van der Waals surface area contributed by atoms with Crippen LogP contribution in [0.1, 0.15) is 50.5 Å². The molecule has 1 amide bonds. The van der Waals surface area contributed by atoms with E-state index in [2.05, 4.69) is 17.4 Å². The number of nitrogens with two attached hydrogens (primary N) is 1. The third-order valence-electron chi connectivity index (χ3n) is 6.19. The van der Waals surface area contributed by atoms with Crippen LogP contribution in [0.25, 0.3) is 0 Å². The first-order valence-corrected chi connectivity index (χ1v) is 9.90. The highest BCUT2D eigenvalue weighted by Gasteiger charge is 2.35. The van der Waals surface area contributed by atoms with Crippen LogP contribution < -0.4 is 15.8 Å². The topological polar surface area (TPSA) is 73.6 Å². The maximum Gasteiger partial charge on any atom is 0.237 e. The number of benzene rings is 1. The fourth-order valence-electron chi connectivity index (χ4n) is 4.40. The van der Waals surface area contributed by atoms with Crippen LogP contribution in [0.4, 0.5) is 0 Å². The Morgan fingerprint density at radius 3 is 2.44 bits per heavy atom. The summed E-state index contributed by atoms with van der Waals surface area (Å²) < 4.78 is 10.7. The van der Waals surface area contributed by atoms with E-state index in [0.29, 0.717) is 19.8 Å². The van der Waals surface area contributed by atoms with E-state index < -0.39 is 6.04 Å². The van der Waals surface area contributed by atoms with Crippen LogP contribution in [0.3, 0.4) is 0 Å². The lowest BCUT2D eigenvalue weighted by Crippen LogP contribution is -2.51. The number of carbonyl (C=O) groups is 1. The van der Waals surface area contributed by atoms with Crippen molar-refractivity contribution in [2.75, 3.05) is 26.9 Å². The van der Waals surface area contributed by atoms with Crippen LogP contribution in [-0.2, 0) is 14.9 Å². The van der Waals surface area contributed by atoms with Gasteiger partial charge in [0.15, 0.2) is 0 Å². The Bertz CT molecular complexity index is 582. The number of amides is 1. The number of ether oxygens (including phenoxy) is 2. The summed E-state index contributed by atoms with van der Waals surface area (Å²) in [4.78, 5) is 12.7. The van der Waals surface area contributed by atoms with Crippen molar-refractivity contribution in [3.63, 3.8) is 0 Å². The molecule has 1 heterocycles. The predicted molar refractivity (Wildman–Crippen MR) is 110 cm³/mol. The van der Waals surface area contributed by atoms with Gasteiger partial charge in [-0.25, -0.2) is 0 Å². The summed E-state index contributed by atoms with van der Waals surface area (Å²) in [7, 11) is 1.68. The Morgan fingerprint density at radius 1 is 1.22 bits per heavy atom. The van der Waals surface area contributed by atoms with E-state index >= 15 is 0 Å². The van der Waals surface area contributed by atoms with E-state index in [1.165, 1.54) is 24.8 Å². The Kier molecular flexibility index (Phi) is 8.39. The largest absolute Gasteiger partial charge is 0.497 e. The fourth-order valence-corrected chi connectivity index (χ4v) is 4.40. The minimum atomic E-state index is -0.435. The van der Waals surface area contributed by atoms with Gasteiger partial charge in [0.05, 0.1) is 13.2 Å². The molecular weight excluding hydrogens is 364 g/mol. The summed E-state index contributed by atoms with van der Waals surface area (Å²) in [6.07, 6.45) is 7.63. The molecule has 1 aromatic rings. The molecular formula is C21H33ClN2O3. The highest BCUT2D eigenvalue weighted by atomic mass is 35.5. The number of methoxy groups -OCH3 is 1. The Balaban J connectivity index is 0.00000261. The summed E-state index contributed by atoms with van der Waals surface area (Å²) in [5.41, 5.74) is 7.54. The molecule has 6 heteroatoms. The molecule has 152 valence electrons. The maximum absolute atomic E-state index is 12.7. The van der Waals surface area contributed by atoms with Crippen molar-refractivity contribution in [3.05, 3.63) is 29.8 Å². The van der Waals surface area contributed by atoms with Gasteiger partial charge in [-0.2, -0.15) is 0 Å². The lowest BCUT2D eigenvalue weighted by molar-refractivity contribution is -0.124. The van der Waals surface area contributed by atoms with Gasteiger partial charge in [-0.05, 0) is 49.3 Å². The normalized spacial score (nSPS) is 21.0. The van der Waals surface area contributed by atoms with Gasteiger partial charge in [-0.3, -0.25) is 4.79 Å². The number of nitrogens with one attached hydrogen (secondary N) is 1. The summed E-state index contributed by atoms with van der Waals surface area (Å²) >= 11 is 0. The quantitative estimate of drug-likeness (QED) is 0.774. The van der Waals surface area contributed by atoms with Crippen LogP contribution in [0.2, 0.25) is 0 Å². The van der Waals surface area contributed by atoms with Crippen molar-refractivity contribution in [1.82, 2.24) is 5.32 Å². The van der Waals surface area contributed by atoms with Crippen molar-refractivity contribution in [3.8, 4) is 5.75 Å².